The molecule has 0 unspecified atom stereocenters. The number of fused-ring (bicyclic) bond motifs is 1. The molecular formula is C20H31N5O3. The minimum atomic E-state index is -0.125. The molecule has 0 bridgehead atoms. The van der Waals surface area contributed by atoms with E-state index in [1.54, 1.807) is 0 Å². The number of hydrogen-bond donors (Lipinski definition) is 2. The Bertz CT molecular complexity index is 738. The summed E-state index contributed by atoms with van der Waals surface area (Å²) in [5.41, 5.74) is 2.58. The molecule has 1 aromatic heterocycles. The summed E-state index contributed by atoms with van der Waals surface area (Å²) in [6.45, 7) is 7.05. The van der Waals surface area contributed by atoms with Gasteiger partial charge < -0.3 is 19.9 Å². The summed E-state index contributed by atoms with van der Waals surface area (Å²) >= 11 is 0. The number of nitrogens with zero attached hydrogens (tertiary/aromatic N) is 3. The van der Waals surface area contributed by atoms with Crippen molar-refractivity contribution in [2.45, 2.75) is 64.3 Å². The van der Waals surface area contributed by atoms with Crippen LogP contribution in [0.5, 0.6) is 0 Å². The molecule has 2 aliphatic heterocycles. The molecule has 28 heavy (non-hydrogen) atoms. The first-order valence-corrected chi connectivity index (χ1v) is 10.4. The maximum atomic E-state index is 12.9. The minimum Gasteiger partial charge on any atom is -0.372 e. The van der Waals surface area contributed by atoms with Gasteiger partial charge in [-0.1, -0.05) is 0 Å². The fraction of sp³-hybridized carbons (Fsp3) is 0.750. The minimum absolute atomic E-state index is 0.0120. The predicted octanol–water partition coefficient (Wildman–Crippen LogP) is 0.932. The third-order valence-corrected chi connectivity index (χ3v) is 6.19. The number of rotatable bonds is 3. The predicted molar refractivity (Wildman–Crippen MR) is 104 cm³/mol. The highest BCUT2D eigenvalue weighted by atomic mass is 16.5. The Labute approximate surface area is 166 Å². The van der Waals surface area contributed by atoms with E-state index in [4.69, 9.17) is 4.74 Å². The van der Waals surface area contributed by atoms with Crippen molar-refractivity contribution < 1.29 is 14.3 Å². The topological polar surface area (TPSA) is 90.6 Å². The summed E-state index contributed by atoms with van der Waals surface area (Å²) in [7, 11) is 2.05. The molecule has 0 radical (unpaired) electrons. The zero-order valence-electron chi connectivity index (χ0n) is 17.0. The van der Waals surface area contributed by atoms with E-state index in [2.05, 4.69) is 27.5 Å². The van der Waals surface area contributed by atoms with Crippen molar-refractivity contribution in [2.75, 3.05) is 26.7 Å². The summed E-state index contributed by atoms with van der Waals surface area (Å²) in [6.07, 6.45) is 3.41. The molecule has 1 saturated carbocycles. The number of nitrogens with one attached hydrogen (secondary N) is 2. The van der Waals surface area contributed by atoms with E-state index in [1.165, 1.54) is 0 Å². The van der Waals surface area contributed by atoms with Crippen molar-refractivity contribution in [3.8, 4) is 0 Å². The van der Waals surface area contributed by atoms with Crippen molar-refractivity contribution >= 4 is 11.8 Å². The number of hydrogen-bond acceptors (Lipinski definition) is 5. The zero-order valence-corrected chi connectivity index (χ0v) is 17.0. The Hall–Kier alpha value is -1.93. The molecule has 4 rings (SSSR count). The normalized spacial score (nSPS) is 30.9. The average molecular weight is 390 g/mol. The standard InChI is InChI=1S/C20H31N5O3/c1-12-9-25(10-13(2)28-12)20(27)14-4-5-15(8-14)21-19(26)18-16-11-24(3)7-6-17(16)22-23-18/h12-15H,4-11H2,1-3H3,(H,21,26)(H,22,23)/t12-,13+,14-,15+/m1/s1. The highest BCUT2D eigenvalue weighted by molar-refractivity contribution is 5.94. The van der Waals surface area contributed by atoms with E-state index in [9.17, 15) is 9.59 Å². The number of morpholine rings is 1. The molecule has 2 fully saturated rings. The summed E-state index contributed by atoms with van der Waals surface area (Å²) in [5, 5.41) is 10.4. The van der Waals surface area contributed by atoms with E-state index >= 15 is 0 Å². The number of H-pyrrole nitrogens is 1. The van der Waals surface area contributed by atoms with E-state index in [0.717, 1.165) is 43.6 Å². The SMILES string of the molecule is C[C@@H]1CN(C(=O)[C@@H]2CC[C@H](NC(=O)c3n[nH]c4c3CN(C)CC4)C2)C[C@H](C)O1. The number of aromatic nitrogens is 2. The molecule has 1 aliphatic carbocycles. The maximum Gasteiger partial charge on any atom is 0.272 e. The molecule has 8 nitrogen and oxygen atoms in total. The Kier molecular flexibility index (Phi) is 5.42. The summed E-state index contributed by atoms with van der Waals surface area (Å²) in [4.78, 5) is 29.8. The number of likely N-dealkylation sites (N-methyl/N-ethyl adjacent to an activating group) is 1. The maximum absolute atomic E-state index is 12.9. The van der Waals surface area contributed by atoms with Gasteiger partial charge in [0.25, 0.3) is 5.91 Å². The van der Waals surface area contributed by atoms with Gasteiger partial charge in [0, 0.05) is 55.8 Å². The van der Waals surface area contributed by atoms with E-state index in [1.807, 2.05) is 18.7 Å². The van der Waals surface area contributed by atoms with Crippen LogP contribution in [0.4, 0.5) is 0 Å². The first-order chi connectivity index (χ1) is 13.4. The molecule has 0 spiro atoms. The largest absolute Gasteiger partial charge is 0.372 e. The third kappa shape index (κ3) is 3.93. The lowest BCUT2D eigenvalue weighted by molar-refractivity contribution is -0.147. The fourth-order valence-electron chi connectivity index (χ4n) is 4.82. The summed E-state index contributed by atoms with van der Waals surface area (Å²) in [5.74, 6) is 0.0686. The van der Waals surface area contributed by atoms with Crippen molar-refractivity contribution in [1.82, 2.24) is 25.3 Å². The lowest BCUT2D eigenvalue weighted by atomic mass is 10.0. The highest BCUT2D eigenvalue weighted by Gasteiger charge is 2.36. The molecule has 3 aliphatic rings. The molecule has 0 aromatic carbocycles. The lowest BCUT2D eigenvalue weighted by Crippen LogP contribution is -2.50. The van der Waals surface area contributed by atoms with Crippen LogP contribution in [0.25, 0.3) is 0 Å². The van der Waals surface area contributed by atoms with E-state index < -0.39 is 0 Å². The van der Waals surface area contributed by atoms with Crippen molar-refractivity contribution in [3.63, 3.8) is 0 Å². The molecule has 2 amide bonds. The molecule has 8 heteroatoms. The van der Waals surface area contributed by atoms with Gasteiger partial charge in [-0.2, -0.15) is 5.10 Å². The van der Waals surface area contributed by atoms with Crippen LogP contribution in [-0.2, 0) is 22.5 Å². The number of amides is 2. The second kappa shape index (κ2) is 7.83. The first-order valence-electron chi connectivity index (χ1n) is 10.4. The Morgan fingerprint density at radius 1 is 1.21 bits per heavy atom. The van der Waals surface area contributed by atoms with Gasteiger partial charge in [0.05, 0.1) is 12.2 Å². The zero-order chi connectivity index (χ0) is 19.8. The van der Waals surface area contributed by atoms with Crippen molar-refractivity contribution in [3.05, 3.63) is 17.0 Å². The van der Waals surface area contributed by atoms with Gasteiger partial charge in [-0.3, -0.25) is 14.7 Å². The van der Waals surface area contributed by atoms with Crippen LogP contribution in [0.1, 0.15) is 54.9 Å². The molecule has 154 valence electrons. The van der Waals surface area contributed by atoms with Crippen molar-refractivity contribution in [2.24, 2.45) is 5.92 Å². The smallest absolute Gasteiger partial charge is 0.272 e. The van der Waals surface area contributed by atoms with Gasteiger partial charge in [0.2, 0.25) is 5.91 Å². The molecule has 3 heterocycles. The molecule has 2 N–H and O–H groups in total. The van der Waals surface area contributed by atoms with Gasteiger partial charge in [-0.15, -0.1) is 0 Å². The fourth-order valence-corrected chi connectivity index (χ4v) is 4.82. The Balaban J connectivity index is 1.34. The number of carbonyl (C=O) groups is 2. The van der Waals surface area contributed by atoms with Gasteiger partial charge in [-0.25, -0.2) is 0 Å². The second-order valence-electron chi connectivity index (χ2n) is 8.70. The molecular weight excluding hydrogens is 358 g/mol. The van der Waals surface area contributed by atoms with Gasteiger partial charge in [-0.05, 0) is 40.2 Å². The number of carbonyl (C=O) groups excluding carboxylic acids is 2. The summed E-state index contributed by atoms with van der Waals surface area (Å²) < 4.78 is 5.73. The van der Waals surface area contributed by atoms with E-state index in [-0.39, 0.29) is 36.0 Å². The monoisotopic (exact) mass is 389 g/mol. The van der Waals surface area contributed by atoms with Gasteiger partial charge in [0.15, 0.2) is 5.69 Å². The van der Waals surface area contributed by atoms with Crippen LogP contribution in [0.3, 0.4) is 0 Å². The van der Waals surface area contributed by atoms with E-state index in [0.29, 0.717) is 25.2 Å². The van der Waals surface area contributed by atoms with Gasteiger partial charge in [0.1, 0.15) is 0 Å². The van der Waals surface area contributed by atoms with Crippen LogP contribution in [0.15, 0.2) is 0 Å². The second-order valence-corrected chi connectivity index (χ2v) is 8.70. The quantitative estimate of drug-likeness (QED) is 0.803. The molecule has 1 aromatic rings. The highest BCUT2D eigenvalue weighted by Crippen LogP contribution is 2.29. The van der Waals surface area contributed by atoms with Crippen LogP contribution in [-0.4, -0.2) is 76.7 Å². The summed E-state index contributed by atoms with van der Waals surface area (Å²) in [6, 6.07) is 0.0333. The van der Waals surface area contributed by atoms with Crippen LogP contribution < -0.4 is 5.32 Å². The molecule has 1 saturated heterocycles. The molecule has 4 atom stereocenters. The van der Waals surface area contributed by atoms with Crippen molar-refractivity contribution in [1.29, 1.82) is 0 Å². The lowest BCUT2D eigenvalue weighted by Gasteiger charge is -2.36. The third-order valence-electron chi connectivity index (χ3n) is 6.19. The van der Waals surface area contributed by atoms with Crippen LogP contribution >= 0.6 is 0 Å². The van der Waals surface area contributed by atoms with Crippen LogP contribution in [0.2, 0.25) is 0 Å². The Morgan fingerprint density at radius 3 is 2.71 bits per heavy atom. The Morgan fingerprint density at radius 2 is 1.96 bits per heavy atom. The van der Waals surface area contributed by atoms with Crippen LogP contribution in [0, 0.1) is 5.92 Å². The average Bonchev–Trinajstić information content (AvgIpc) is 3.26. The van der Waals surface area contributed by atoms with Gasteiger partial charge >= 0.3 is 0 Å². The number of ether oxygens (including phenoxy) is 1. The number of aromatic amines is 1. The first kappa shape index (κ1) is 19.4.